The summed E-state index contributed by atoms with van der Waals surface area (Å²) in [5, 5.41) is 12.0. The number of ether oxygens (including phenoxy) is 1. The molecule has 6 nitrogen and oxygen atoms in total. The van der Waals surface area contributed by atoms with Crippen molar-refractivity contribution >= 4 is 11.9 Å². The highest BCUT2D eigenvalue weighted by Crippen LogP contribution is 2.16. The molecule has 1 aromatic heterocycles. The Kier molecular flexibility index (Phi) is 4.77. The smallest absolute Gasteiger partial charge is 0.409 e. The second-order valence-corrected chi connectivity index (χ2v) is 4.65. The number of carbonyl (C=O) groups excluding carboxylic acids is 1. The third-order valence-corrected chi connectivity index (χ3v) is 3.27. The summed E-state index contributed by atoms with van der Waals surface area (Å²) >= 11 is 0. The molecule has 0 aliphatic carbocycles. The fraction of sp³-hybridized carbons (Fsp3) is 0.500. The van der Waals surface area contributed by atoms with Crippen molar-refractivity contribution in [1.29, 1.82) is 5.26 Å². The molecule has 1 amide bonds. The van der Waals surface area contributed by atoms with Crippen molar-refractivity contribution in [3.63, 3.8) is 0 Å². The van der Waals surface area contributed by atoms with E-state index in [0.29, 0.717) is 31.3 Å². The molecule has 0 aromatic carbocycles. The van der Waals surface area contributed by atoms with Crippen LogP contribution < -0.4 is 5.32 Å². The van der Waals surface area contributed by atoms with Gasteiger partial charge in [-0.05, 0) is 31.9 Å². The summed E-state index contributed by atoms with van der Waals surface area (Å²) in [5.41, 5.74) is 0.549. The van der Waals surface area contributed by atoms with Gasteiger partial charge >= 0.3 is 6.09 Å². The average molecular weight is 274 g/mol. The van der Waals surface area contributed by atoms with Crippen molar-refractivity contribution in [3.05, 3.63) is 23.9 Å². The highest BCUT2D eigenvalue weighted by Gasteiger charge is 2.23. The first-order chi connectivity index (χ1) is 9.72. The minimum absolute atomic E-state index is 0.234. The molecule has 1 N–H and O–H groups in total. The van der Waals surface area contributed by atoms with E-state index in [0.717, 1.165) is 18.7 Å². The maximum Gasteiger partial charge on any atom is 0.409 e. The van der Waals surface area contributed by atoms with Crippen LogP contribution in [0.3, 0.4) is 0 Å². The molecule has 2 heterocycles. The lowest BCUT2D eigenvalue weighted by Crippen LogP contribution is -2.42. The number of nitriles is 1. The number of rotatable bonds is 3. The van der Waals surface area contributed by atoms with Crippen LogP contribution in [-0.2, 0) is 4.74 Å². The van der Waals surface area contributed by atoms with Gasteiger partial charge in [0.1, 0.15) is 11.9 Å². The van der Waals surface area contributed by atoms with Crippen molar-refractivity contribution in [2.75, 3.05) is 25.0 Å². The standard InChI is InChI=1S/C14H18N4O2/c1-2-20-14(19)18-7-5-12(6-8-18)17-13-4-3-11(9-15)10-16-13/h3-4,10,12H,2,5-8H2,1H3,(H,16,17). The number of carbonyl (C=O) groups is 1. The van der Waals surface area contributed by atoms with Gasteiger partial charge in [-0.1, -0.05) is 0 Å². The lowest BCUT2D eigenvalue weighted by Gasteiger charge is -2.31. The lowest BCUT2D eigenvalue weighted by molar-refractivity contribution is 0.0983. The molecule has 0 bridgehead atoms. The third-order valence-electron chi connectivity index (χ3n) is 3.27. The fourth-order valence-corrected chi connectivity index (χ4v) is 2.18. The Hall–Kier alpha value is -2.29. The first kappa shape index (κ1) is 14.1. The van der Waals surface area contributed by atoms with Gasteiger partial charge in [0, 0.05) is 25.3 Å². The first-order valence-corrected chi connectivity index (χ1v) is 6.77. The minimum atomic E-state index is -0.234. The van der Waals surface area contributed by atoms with E-state index >= 15 is 0 Å². The summed E-state index contributed by atoms with van der Waals surface area (Å²) in [6.45, 7) is 3.59. The van der Waals surface area contributed by atoms with E-state index in [1.165, 1.54) is 0 Å². The summed E-state index contributed by atoms with van der Waals surface area (Å²) < 4.78 is 4.98. The van der Waals surface area contributed by atoms with E-state index in [1.807, 2.05) is 13.0 Å². The van der Waals surface area contributed by atoms with Crippen molar-refractivity contribution in [2.24, 2.45) is 0 Å². The van der Waals surface area contributed by atoms with Crippen molar-refractivity contribution in [3.8, 4) is 6.07 Å². The van der Waals surface area contributed by atoms with Crippen molar-refractivity contribution < 1.29 is 9.53 Å². The second kappa shape index (κ2) is 6.75. The van der Waals surface area contributed by atoms with Gasteiger partial charge in [-0.25, -0.2) is 9.78 Å². The molecule has 106 valence electrons. The maximum atomic E-state index is 11.6. The van der Waals surface area contributed by atoms with Crippen LogP contribution in [0.4, 0.5) is 10.6 Å². The summed E-state index contributed by atoms with van der Waals surface area (Å²) in [6.07, 6.45) is 3.04. The van der Waals surface area contributed by atoms with Crippen LogP contribution in [0.25, 0.3) is 0 Å². The van der Waals surface area contributed by atoms with Gasteiger partial charge in [-0.3, -0.25) is 0 Å². The second-order valence-electron chi connectivity index (χ2n) is 4.65. The summed E-state index contributed by atoms with van der Waals surface area (Å²) in [7, 11) is 0. The zero-order chi connectivity index (χ0) is 14.4. The number of aromatic nitrogens is 1. The number of piperidine rings is 1. The van der Waals surface area contributed by atoms with Gasteiger partial charge in [-0.2, -0.15) is 5.26 Å². The van der Waals surface area contributed by atoms with E-state index in [-0.39, 0.29) is 6.09 Å². The van der Waals surface area contributed by atoms with Crippen LogP contribution in [0.5, 0.6) is 0 Å². The van der Waals surface area contributed by atoms with Crippen molar-refractivity contribution in [1.82, 2.24) is 9.88 Å². The number of hydrogen-bond donors (Lipinski definition) is 1. The van der Waals surface area contributed by atoms with Gasteiger partial charge in [-0.15, -0.1) is 0 Å². The number of hydrogen-bond acceptors (Lipinski definition) is 5. The van der Waals surface area contributed by atoms with E-state index in [2.05, 4.69) is 10.3 Å². The average Bonchev–Trinajstić information content (AvgIpc) is 2.49. The van der Waals surface area contributed by atoms with Crippen LogP contribution in [0.15, 0.2) is 18.3 Å². The Balaban J connectivity index is 1.82. The van der Waals surface area contributed by atoms with Gasteiger partial charge in [0.15, 0.2) is 0 Å². The Labute approximate surface area is 118 Å². The van der Waals surface area contributed by atoms with Crippen LogP contribution in [0.1, 0.15) is 25.3 Å². The number of pyridine rings is 1. The normalized spacial score (nSPS) is 15.5. The molecule has 0 unspecified atom stereocenters. The maximum absolute atomic E-state index is 11.6. The molecular formula is C14H18N4O2. The number of anilines is 1. The van der Waals surface area contributed by atoms with Crippen molar-refractivity contribution in [2.45, 2.75) is 25.8 Å². The van der Waals surface area contributed by atoms with Gasteiger partial charge < -0.3 is 15.0 Å². The molecule has 0 spiro atoms. The van der Waals surface area contributed by atoms with E-state index in [1.54, 1.807) is 23.2 Å². The number of nitrogens with zero attached hydrogens (tertiary/aromatic N) is 3. The van der Waals surface area contributed by atoms with Gasteiger partial charge in [0.25, 0.3) is 0 Å². The molecule has 0 saturated carbocycles. The molecule has 1 fully saturated rings. The molecule has 0 radical (unpaired) electrons. The Morgan fingerprint density at radius 3 is 2.85 bits per heavy atom. The fourth-order valence-electron chi connectivity index (χ4n) is 2.18. The third kappa shape index (κ3) is 3.60. The number of likely N-dealkylation sites (tertiary alicyclic amines) is 1. The summed E-state index contributed by atoms with van der Waals surface area (Å²) in [6, 6.07) is 5.87. The zero-order valence-electron chi connectivity index (χ0n) is 11.5. The molecular weight excluding hydrogens is 256 g/mol. The first-order valence-electron chi connectivity index (χ1n) is 6.77. The summed E-state index contributed by atoms with van der Waals surface area (Å²) in [5.74, 6) is 0.763. The minimum Gasteiger partial charge on any atom is -0.450 e. The topological polar surface area (TPSA) is 78.2 Å². The number of amides is 1. The molecule has 1 saturated heterocycles. The SMILES string of the molecule is CCOC(=O)N1CCC(Nc2ccc(C#N)cn2)CC1. The van der Waals surface area contributed by atoms with Crippen LogP contribution in [0, 0.1) is 11.3 Å². The van der Waals surface area contributed by atoms with E-state index in [4.69, 9.17) is 10.00 Å². The molecule has 1 aliphatic heterocycles. The monoisotopic (exact) mass is 274 g/mol. The largest absolute Gasteiger partial charge is 0.450 e. The predicted molar refractivity (Wildman–Crippen MR) is 74.2 cm³/mol. The predicted octanol–water partition coefficient (Wildman–Crippen LogP) is 1.99. The highest BCUT2D eigenvalue weighted by molar-refractivity contribution is 5.67. The van der Waals surface area contributed by atoms with E-state index in [9.17, 15) is 4.79 Å². The Bertz CT molecular complexity index is 487. The Morgan fingerprint density at radius 2 is 2.30 bits per heavy atom. The summed E-state index contributed by atoms with van der Waals surface area (Å²) in [4.78, 5) is 17.5. The zero-order valence-corrected chi connectivity index (χ0v) is 11.5. The highest BCUT2D eigenvalue weighted by atomic mass is 16.6. The molecule has 6 heteroatoms. The van der Waals surface area contributed by atoms with Crippen LogP contribution in [0.2, 0.25) is 0 Å². The quantitative estimate of drug-likeness (QED) is 0.911. The number of nitrogens with one attached hydrogen (secondary N) is 1. The molecule has 2 rings (SSSR count). The molecule has 0 atom stereocenters. The van der Waals surface area contributed by atoms with Gasteiger partial charge in [0.2, 0.25) is 0 Å². The van der Waals surface area contributed by atoms with Gasteiger partial charge in [0.05, 0.1) is 12.2 Å². The van der Waals surface area contributed by atoms with Crippen LogP contribution in [-0.4, -0.2) is 41.7 Å². The van der Waals surface area contributed by atoms with Crippen LogP contribution >= 0.6 is 0 Å². The molecule has 20 heavy (non-hydrogen) atoms. The Morgan fingerprint density at radius 1 is 1.55 bits per heavy atom. The molecule has 1 aliphatic rings. The molecule has 1 aromatic rings. The van der Waals surface area contributed by atoms with E-state index < -0.39 is 0 Å². The lowest BCUT2D eigenvalue weighted by atomic mass is 10.1.